The van der Waals surface area contributed by atoms with E-state index in [9.17, 15) is 22.8 Å². The molecule has 1 aliphatic rings. The molecule has 0 spiro atoms. The number of H-pyrrole nitrogens is 1. The van der Waals surface area contributed by atoms with Crippen LogP contribution in [0.1, 0.15) is 58.9 Å². The number of alkyl halides is 3. The second-order valence-corrected chi connectivity index (χ2v) is 7.59. The Morgan fingerprint density at radius 3 is 2.58 bits per heavy atom. The minimum Gasteiger partial charge on any atom is -0.495 e. The lowest BCUT2D eigenvalue weighted by Crippen LogP contribution is -2.29. The average molecular weight is 434 g/mol. The Kier molecular flexibility index (Phi) is 5.24. The van der Waals surface area contributed by atoms with Crippen LogP contribution in [0, 0.1) is 6.92 Å². The number of aryl methyl sites for hydroxylation is 1. The second kappa shape index (κ2) is 7.75. The van der Waals surface area contributed by atoms with E-state index in [4.69, 9.17) is 4.74 Å². The number of carbonyl (C=O) groups is 1. The molecule has 1 saturated carbocycles. The molecule has 0 atom stereocenters. The molecule has 0 bridgehead atoms. The Balaban J connectivity index is 1.85. The molecule has 1 aliphatic carbocycles. The molecule has 2 aromatic heterocycles. The average Bonchev–Trinajstić information content (AvgIpc) is 3.35. The maximum Gasteiger partial charge on any atom is 0.435 e. The van der Waals surface area contributed by atoms with Crippen molar-refractivity contribution in [3.63, 3.8) is 0 Å². The van der Waals surface area contributed by atoms with Crippen molar-refractivity contribution in [2.45, 2.75) is 44.7 Å². The highest BCUT2D eigenvalue weighted by atomic mass is 19.4. The number of amides is 1. The van der Waals surface area contributed by atoms with Gasteiger partial charge in [0, 0.05) is 11.3 Å². The molecule has 2 N–H and O–H groups in total. The molecule has 1 fully saturated rings. The number of rotatable bonds is 4. The highest BCUT2D eigenvalue weighted by Gasteiger charge is 2.41. The molecule has 1 aromatic carbocycles. The highest BCUT2D eigenvalue weighted by molar-refractivity contribution is 6.05. The van der Waals surface area contributed by atoms with E-state index in [1.807, 2.05) is 0 Å². The summed E-state index contributed by atoms with van der Waals surface area (Å²) in [6.45, 7) is 1.48. The number of hydrogen-bond donors (Lipinski definition) is 2. The van der Waals surface area contributed by atoms with Gasteiger partial charge in [-0.2, -0.15) is 22.8 Å². The molecule has 0 aliphatic heterocycles. The third kappa shape index (κ3) is 3.66. The lowest BCUT2D eigenvalue weighted by Gasteiger charge is -2.13. The van der Waals surface area contributed by atoms with Crippen LogP contribution in [0.5, 0.6) is 5.75 Å². The lowest BCUT2D eigenvalue weighted by molar-refractivity contribution is -0.142. The van der Waals surface area contributed by atoms with E-state index in [1.54, 1.807) is 24.3 Å². The summed E-state index contributed by atoms with van der Waals surface area (Å²) >= 11 is 0. The topological polar surface area (TPSA) is 88.5 Å². The Hall–Kier alpha value is -3.30. The molecular formula is C21H21F3N4O3. The van der Waals surface area contributed by atoms with E-state index in [0.717, 1.165) is 12.8 Å². The van der Waals surface area contributed by atoms with Gasteiger partial charge in [0.05, 0.1) is 12.8 Å². The minimum atomic E-state index is -4.71. The van der Waals surface area contributed by atoms with E-state index in [2.05, 4.69) is 15.4 Å². The summed E-state index contributed by atoms with van der Waals surface area (Å²) in [5.74, 6) is -0.720. The third-order valence-corrected chi connectivity index (χ3v) is 5.62. The molecule has 0 unspecified atom stereocenters. The van der Waals surface area contributed by atoms with E-state index >= 15 is 0 Å². The molecule has 31 heavy (non-hydrogen) atoms. The molecule has 4 rings (SSSR count). The number of fused-ring (bicyclic) bond motifs is 1. The first-order valence-corrected chi connectivity index (χ1v) is 9.89. The van der Waals surface area contributed by atoms with Crippen molar-refractivity contribution in [1.82, 2.24) is 14.6 Å². The van der Waals surface area contributed by atoms with Crippen molar-refractivity contribution in [1.29, 1.82) is 0 Å². The molecule has 164 valence electrons. The van der Waals surface area contributed by atoms with Crippen LogP contribution in [0.3, 0.4) is 0 Å². The number of halogens is 3. The first-order chi connectivity index (χ1) is 14.7. The fraction of sp³-hybridized carbons (Fsp3) is 0.381. The van der Waals surface area contributed by atoms with Gasteiger partial charge in [-0.1, -0.05) is 25.0 Å². The largest absolute Gasteiger partial charge is 0.495 e. The molecule has 0 saturated heterocycles. The standard InChI is InChI=1S/C21H21F3N4O3/c1-11-15(19(29)26-13-9-5-6-10-14(13)31-2)20(30)28-18(25-11)16(12-7-3-4-8-12)17(27-28)21(22,23)24/h5-6,9-10,12,25H,3-4,7-8H2,1-2H3,(H,26,29). The van der Waals surface area contributed by atoms with Crippen molar-refractivity contribution in [3.8, 4) is 5.75 Å². The zero-order valence-electron chi connectivity index (χ0n) is 17.0. The third-order valence-electron chi connectivity index (χ3n) is 5.62. The Morgan fingerprint density at radius 1 is 1.26 bits per heavy atom. The van der Waals surface area contributed by atoms with Crippen LogP contribution in [0.4, 0.5) is 18.9 Å². The van der Waals surface area contributed by atoms with Crippen LogP contribution < -0.4 is 15.6 Å². The first kappa shape index (κ1) is 21.0. The van der Waals surface area contributed by atoms with Crippen molar-refractivity contribution in [2.75, 3.05) is 12.4 Å². The highest BCUT2D eigenvalue weighted by Crippen LogP contribution is 2.42. The Labute approximate surface area is 175 Å². The predicted octanol–water partition coefficient (Wildman–Crippen LogP) is 4.27. The number of anilines is 1. The van der Waals surface area contributed by atoms with E-state index in [1.165, 1.54) is 14.0 Å². The summed E-state index contributed by atoms with van der Waals surface area (Å²) in [5.41, 5.74) is -1.80. The van der Waals surface area contributed by atoms with Crippen LogP contribution in [-0.4, -0.2) is 27.6 Å². The smallest absolute Gasteiger partial charge is 0.435 e. The maximum atomic E-state index is 13.7. The van der Waals surface area contributed by atoms with Crippen molar-refractivity contribution < 1.29 is 22.7 Å². The van der Waals surface area contributed by atoms with Crippen LogP contribution in [-0.2, 0) is 6.18 Å². The number of aromatic amines is 1. The summed E-state index contributed by atoms with van der Waals surface area (Å²) < 4.78 is 47.0. The number of aromatic nitrogens is 3. The van der Waals surface area contributed by atoms with Gasteiger partial charge in [-0.3, -0.25) is 9.59 Å². The molecule has 0 radical (unpaired) electrons. The number of para-hydroxylation sites is 2. The van der Waals surface area contributed by atoms with Crippen LogP contribution in [0.15, 0.2) is 29.1 Å². The number of benzene rings is 1. The minimum absolute atomic E-state index is 0.00175. The summed E-state index contributed by atoms with van der Waals surface area (Å²) in [4.78, 5) is 28.8. The van der Waals surface area contributed by atoms with Gasteiger partial charge in [0.15, 0.2) is 5.69 Å². The molecule has 2 heterocycles. The summed E-state index contributed by atoms with van der Waals surface area (Å²) in [5, 5.41) is 6.18. The SMILES string of the molecule is COc1ccccc1NC(=O)c1c(C)[nH]c2c(C3CCCC3)c(C(F)(F)F)nn2c1=O. The maximum absolute atomic E-state index is 13.7. The molecule has 10 heteroatoms. The second-order valence-electron chi connectivity index (χ2n) is 7.59. The predicted molar refractivity (Wildman–Crippen MR) is 108 cm³/mol. The van der Waals surface area contributed by atoms with Gasteiger partial charge >= 0.3 is 6.18 Å². The first-order valence-electron chi connectivity index (χ1n) is 9.89. The quantitative estimate of drug-likeness (QED) is 0.642. The molecule has 1 amide bonds. The zero-order chi connectivity index (χ0) is 22.3. The number of methoxy groups -OCH3 is 1. The van der Waals surface area contributed by atoms with Crippen molar-refractivity contribution >= 4 is 17.2 Å². The van der Waals surface area contributed by atoms with Crippen molar-refractivity contribution in [2.24, 2.45) is 0 Å². The van der Waals surface area contributed by atoms with Gasteiger partial charge < -0.3 is 15.0 Å². The van der Waals surface area contributed by atoms with Gasteiger partial charge in [0.1, 0.15) is 17.0 Å². The zero-order valence-corrected chi connectivity index (χ0v) is 17.0. The fourth-order valence-corrected chi connectivity index (χ4v) is 4.21. The van der Waals surface area contributed by atoms with Gasteiger partial charge in [-0.25, -0.2) is 0 Å². The van der Waals surface area contributed by atoms with Crippen LogP contribution in [0.25, 0.3) is 5.65 Å². The Bertz CT molecular complexity index is 1210. The molecular weight excluding hydrogens is 413 g/mol. The lowest BCUT2D eigenvalue weighted by atomic mass is 9.97. The van der Waals surface area contributed by atoms with Gasteiger partial charge in [-0.15, -0.1) is 0 Å². The van der Waals surface area contributed by atoms with Gasteiger partial charge in [-0.05, 0) is 37.8 Å². The number of nitrogens with zero attached hydrogens (tertiary/aromatic N) is 2. The summed E-state index contributed by atoms with van der Waals surface area (Å²) in [6, 6.07) is 6.61. The number of carbonyl (C=O) groups excluding carboxylic acids is 1. The fourth-order valence-electron chi connectivity index (χ4n) is 4.21. The summed E-state index contributed by atoms with van der Waals surface area (Å²) in [6.07, 6.45) is -1.87. The number of ether oxygens (including phenoxy) is 1. The normalized spacial score (nSPS) is 14.9. The van der Waals surface area contributed by atoms with E-state index in [-0.39, 0.29) is 28.4 Å². The number of nitrogens with one attached hydrogen (secondary N) is 2. The number of hydrogen-bond acceptors (Lipinski definition) is 4. The van der Waals surface area contributed by atoms with Crippen LogP contribution in [0.2, 0.25) is 0 Å². The molecule has 7 nitrogen and oxygen atoms in total. The Morgan fingerprint density at radius 2 is 1.94 bits per heavy atom. The van der Waals surface area contributed by atoms with Gasteiger partial charge in [0.25, 0.3) is 11.5 Å². The van der Waals surface area contributed by atoms with Crippen molar-refractivity contribution in [3.05, 3.63) is 57.1 Å². The monoisotopic (exact) mass is 434 g/mol. The summed E-state index contributed by atoms with van der Waals surface area (Å²) in [7, 11) is 1.43. The van der Waals surface area contributed by atoms with Gasteiger partial charge in [0.2, 0.25) is 0 Å². The van der Waals surface area contributed by atoms with E-state index in [0.29, 0.717) is 28.8 Å². The van der Waals surface area contributed by atoms with Crippen LogP contribution >= 0.6 is 0 Å². The molecule has 3 aromatic rings. The van der Waals surface area contributed by atoms with E-state index < -0.39 is 23.3 Å².